The maximum atomic E-state index is 13.8. The summed E-state index contributed by atoms with van der Waals surface area (Å²) in [6.45, 7) is 3.57. The summed E-state index contributed by atoms with van der Waals surface area (Å²) >= 11 is 0. The minimum Gasteiger partial charge on any atom is -0.495 e. The van der Waals surface area contributed by atoms with Crippen LogP contribution in [0.4, 0.5) is 20.2 Å². The Morgan fingerprint density at radius 3 is 2.24 bits per heavy atom. The number of rotatable bonds is 7. The van der Waals surface area contributed by atoms with Gasteiger partial charge >= 0.3 is 0 Å². The molecule has 0 bridgehead atoms. The lowest BCUT2D eigenvalue weighted by Crippen LogP contribution is -2.17. The lowest BCUT2D eigenvalue weighted by Gasteiger charge is -2.16. The van der Waals surface area contributed by atoms with Crippen LogP contribution in [-0.4, -0.2) is 26.4 Å². The van der Waals surface area contributed by atoms with E-state index in [1.165, 1.54) is 43.6 Å². The zero-order valence-corrected chi connectivity index (χ0v) is 21.0. The summed E-state index contributed by atoms with van der Waals surface area (Å²) in [7, 11) is -2.77. The fourth-order valence-corrected chi connectivity index (χ4v) is 5.24. The zero-order valence-electron chi connectivity index (χ0n) is 20.2. The first-order valence-corrected chi connectivity index (χ1v) is 12.6. The minimum atomic E-state index is -4.11. The Bertz CT molecular complexity index is 1570. The van der Waals surface area contributed by atoms with Gasteiger partial charge in [-0.2, -0.15) is 0 Å². The van der Waals surface area contributed by atoms with Gasteiger partial charge in [0.2, 0.25) is 0 Å². The number of para-hydroxylation sites is 1. The molecule has 0 saturated carbocycles. The van der Waals surface area contributed by atoms with Crippen LogP contribution >= 0.6 is 0 Å². The Labute approximate surface area is 213 Å². The number of hydrogen-bond donors (Lipinski definition) is 2. The van der Waals surface area contributed by atoms with Crippen molar-refractivity contribution in [2.75, 3.05) is 17.1 Å². The average molecular weight is 524 g/mol. The average Bonchev–Trinajstić information content (AvgIpc) is 2.86. The molecule has 4 rings (SSSR count). The van der Waals surface area contributed by atoms with Crippen molar-refractivity contribution >= 4 is 27.3 Å². The number of aromatic nitrogens is 1. The monoisotopic (exact) mass is 523 g/mol. The number of ether oxygens (including phenoxy) is 1. The highest BCUT2D eigenvalue weighted by Gasteiger charge is 2.23. The van der Waals surface area contributed by atoms with Crippen molar-refractivity contribution in [1.29, 1.82) is 0 Å². The maximum absolute atomic E-state index is 13.8. The van der Waals surface area contributed by atoms with Gasteiger partial charge in [0.25, 0.3) is 15.9 Å². The third-order valence-corrected chi connectivity index (χ3v) is 6.99. The van der Waals surface area contributed by atoms with Crippen molar-refractivity contribution in [3.8, 4) is 17.0 Å². The summed E-state index contributed by atoms with van der Waals surface area (Å²) in [5.41, 5.74) is 2.28. The van der Waals surface area contributed by atoms with Gasteiger partial charge in [0, 0.05) is 23.5 Å². The van der Waals surface area contributed by atoms with Crippen LogP contribution < -0.4 is 14.8 Å². The number of halogens is 2. The normalized spacial score (nSPS) is 11.2. The van der Waals surface area contributed by atoms with Gasteiger partial charge in [-0.3, -0.25) is 14.5 Å². The molecular formula is C27H23F2N3O4S. The number of nitrogens with zero attached hydrogens (tertiary/aromatic N) is 1. The summed E-state index contributed by atoms with van der Waals surface area (Å²) in [6, 6.07) is 15.4. The molecule has 3 aromatic carbocycles. The van der Waals surface area contributed by atoms with Gasteiger partial charge in [-0.05, 0) is 67.4 Å². The Balaban J connectivity index is 1.68. The van der Waals surface area contributed by atoms with Gasteiger partial charge < -0.3 is 10.1 Å². The van der Waals surface area contributed by atoms with E-state index in [0.717, 1.165) is 29.3 Å². The molecule has 0 unspecified atom stereocenters. The van der Waals surface area contributed by atoms with E-state index < -0.39 is 27.6 Å². The van der Waals surface area contributed by atoms with E-state index in [4.69, 9.17) is 4.74 Å². The number of anilines is 2. The van der Waals surface area contributed by atoms with Crippen LogP contribution in [0.5, 0.6) is 5.75 Å². The van der Waals surface area contributed by atoms with E-state index in [1.54, 1.807) is 26.0 Å². The van der Waals surface area contributed by atoms with Gasteiger partial charge in [-0.1, -0.05) is 18.2 Å². The second-order valence-corrected chi connectivity index (χ2v) is 9.90. The number of pyridine rings is 1. The number of aryl methyl sites for hydroxylation is 2. The SMILES string of the molecule is COc1ccc(NC(=O)c2cccnc2-c2cc(F)cc(F)c2)cc1S(=O)(=O)Nc1c(C)cccc1C. The van der Waals surface area contributed by atoms with Crippen molar-refractivity contribution in [1.82, 2.24) is 4.98 Å². The van der Waals surface area contributed by atoms with Gasteiger partial charge in [0.05, 0.1) is 24.1 Å². The largest absolute Gasteiger partial charge is 0.495 e. The summed E-state index contributed by atoms with van der Waals surface area (Å²) in [5.74, 6) is -2.19. The van der Waals surface area contributed by atoms with Crippen LogP contribution in [0.15, 0.2) is 77.8 Å². The topological polar surface area (TPSA) is 97.4 Å². The van der Waals surface area contributed by atoms with Crippen LogP contribution in [0, 0.1) is 25.5 Å². The third kappa shape index (κ3) is 5.59. The molecule has 0 atom stereocenters. The Hall–Kier alpha value is -4.31. The smallest absolute Gasteiger partial charge is 0.265 e. The summed E-state index contributed by atoms with van der Waals surface area (Å²) in [6.07, 6.45) is 1.40. The number of carbonyl (C=O) groups excluding carboxylic acids is 1. The molecule has 0 aliphatic carbocycles. The molecule has 0 radical (unpaired) electrons. The fourth-order valence-electron chi connectivity index (χ4n) is 3.84. The maximum Gasteiger partial charge on any atom is 0.265 e. The minimum absolute atomic E-state index is 0.0429. The molecule has 190 valence electrons. The second-order valence-electron chi connectivity index (χ2n) is 8.25. The molecule has 1 amide bonds. The third-order valence-electron chi connectivity index (χ3n) is 5.62. The molecule has 7 nitrogen and oxygen atoms in total. The molecule has 0 fully saturated rings. The number of benzene rings is 3. The predicted octanol–water partition coefficient (Wildman–Crippen LogP) is 5.71. The number of nitrogens with one attached hydrogen (secondary N) is 2. The highest BCUT2D eigenvalue weighted by molar-refractivity contribution is 7.92. The van der Waals surface area contributed by atoms with Gasteiger partial charge in [-0.15, -0.1) is 0 Å². The van der Waals surface area contributed by atoms with Crippen LogP contribution in [-0.2, 0) is 10.0 Å². The first-order chi connectivity index (χ1) is 17.6. The van der Waals surface area contributed by atoms with Crippen LogP contribution in [0.1, 0.15) is 21.5 Å². The van der Waals surface area contributed by atoms with E-state index in [9.17, 15) is 22.0 Å². The van der Waals surface area contributed by atoms with E-state index >= 15 is 0 Å². The number of amides is 1. The second kappa shape index (κ2) is 10.4. The number of carbonyl (C=O) groups is 1. The van der Waals surface area contributed by atoms with Crippen molar-refractivity contribution in [3.63, 3.8) is 0 Å². The number of sulfonamides is 1. The van der Waals surface area contributed by atoms with E-state index in [-0.39, 0.29) is 33.2 Å². The predicted molar refractivity (Wildman–Crippen MR) is 137 cm³/mol. The molecule has 2 N–H and O–H groups in total. The molecule has 1 heterocycles. The Morgan fingerprint density at radius 2 is 1.59 bits per heavy atom. The zero-order chi connectivity index (χ0) is 26.7. The molecule has 1 aromatic heterocycles. The van der Waals surface area contributed by atoms with Gasteiger partial charge in [0.15, 0.2) is 0 Å². The highest BCUT2D eigenvalue weighted by atomic mass is 32.2. The van der Waals surface area contributed by atoms with Crippen molar-refractivity contribution < 1.29 is 26.7 Å². The van der Waals surface area contributed by atoms with Crippen molar-refractivity contribution in [2.24, 2.45) is 0 Å². The van der Waals surface area contributed by atoms with E-state index in [0.29, 0.717) is 5.69 Å². The van der Waals surface area contributed by atoms with E-state index in [2.05, 4.69) is 15.0 Å². The number of hydrogen-bond acceptors (Lipinski definition) is 5. The molecule has 0 spiro atoms. The van der Waals surface area contributed by atoms with Gasteiger partial charge in [0.1, 0.15) is 22.3 Å². The van der Waals surface area contributed by atoms with Crippen molar-refractivity contribution in [2.45, 2.75) is 18.7 Å². The Morgan fingerprint density at radius 1 is 0.919 bits per heavy atom. The van der Waals surface area contributed by atoms with Crippen molar-refractivity contribution in [3.05, 3.63) is 101 Å². The summed E-state index contributed by atoms with van der Waals surface area (Å²) < 4.78 is 62.1. The summed E-state index contributed by atoms with van der Waals surface area (Å²) in [4.78, 5) is 17.1. The van der Waals surface area contributed by atoms with Crippen LogP contribution in [0.2, 0.25) is 0 Å². The molecule has 4 aromatic rings. The van der Waals surface area contributed by atoms with Crippen LogP contribution in [0.3, 0.4) is 0 Å². The van der Waals surface area contributed by atoms with Gasteiger partial charge in [-0.25, -0.2) is 17.2 Å². The highest BCUT2D eigenvalue weighted by Crippen LogP contribution is 2.31. The summed E-state index contributed by atoms with van der Waals surface area (Å²) in [5, 5.41) is 2.63. The fraction of sp³-hybridized carbons (Fsp3) is 0.111. The lowest BCUT2D eigenvalue weighted by molar-refractivity contribution is 0.102. The molecule has 10 heteroatoms. The molecule has 0 saturated heterocycles. The first-order valence-electron chi connectivity index (χ1n) is 11.1. The molecule has 0 aliphatic heterocycles. The van der Waals surface area contributed by atoms with Crippen LogP contribution in [0.25, 0.3) is 11.3 Å². The first kappa shape index (κ1) is 25.8. The molecule has 37 heavy (non-hydrogen) atoms. The number of methoxy groups -OCH3 is 1. The molecule has 0 aliphatic rings. The van der Waals surface area contributed by atoms with E-state index in [1.807, 2.05) is 6.07 Å². The molecular weight excluding hydrogens is 500 g/mol. The lowest BCUT2D eigenvalue weighted by atomic mass is 10.0. The standard InChI is InChI=1S/C27H23F2N3O4S/c1-16-6-4-7-17(2)25(16)32-37(34,35)24-15-21(9-10-23(24)36-3)31-27(33)22-8-5-11-30-26(22)18-12-19(28)14-20(29)13-18/h4-15,32H,1-3H3,(H,31,33). The Kier molecular flexibility index (Phi) is 7.21. The quantitative estimate of drug-likeness (QED) is 0.324.